The predicted molar refractivity (Wildman–Crippen MR) is 88.9 cm³/mol. The number of benzene rings is 1. The highest BCUT2D eigenvalue weighted by molar-refractivity contribution is 6.31. The molecule has 1 heterocycles. The molecule has 1 aliphatic carbocycles. The third kappa shape index (κ3) is 3.06. The third-order valence-electron chi connectivity index (χ3n) is 3.93. The summed E-state index contributed by atoms with van der Waals surface area (Å²) in [6.45, 7) is 1.94. The van der Waals surface area contributed by atoms with Crippen molar-refractivity contribution in [2.24, 2.45) is 15.9 Å². The van der Waals surface area contributed by atoms with Crippen molar-refractivity contribution in [3.05, 3.63) is 51.8 Å². The van der Waals surface area contributed by atoms with Gasteiger partial charge < -0.3 is 5.73 Å². The fraction of sp³-hybridized carbons (Fsp3) is 0.267. The van der Waals surface area contributed by atoms with Crippen molar-refractivity contribution < 1.29 is 5.21 Å². The topological polar surface area (TPSA) is 112 Å². The fourth-order valence-corrected chi connectivity index (χ4v) is 3.19. The molecule has 0 saturated heterocycles. The number of hydrogen-bond donors (Lipinski definition) is 4. The minimum Gasteiger partial charge on any atom is -0.367 e. The summed E-state index contributed by atoms with van der Waals surface area (Å²) in [5.74, 6) is -0.00350. The maximum atomic E-state index is 8.73. The number of aromatic nitrogens is 2. The highest BCUT2D eigenvalue weighted by Gasteiger charge is 2.29. The van der Waals surface area contributed by atoms with Crippen LogP contribution in [0.4, 0.5) is 0 Å². The summed E-state index contributed by atoms with van der Waals surface area (Å²) in [5.41, 5.74) is 11.8. The van der Waals surface area contributed by atoms with E-state index in [4.69, 9.17) is 22.5 Å². The lowest BCUT2D eigenvalue weighted by molar-refractivity contribution is 0.232. The molecule has 5 N–H and O–H groups in total. The van der Waals surface area contributed by atoms with Crippen LogP contribution >= 0.6 is 11.6 Å². The minimum absolute atomic E-state index is 0.163. The number of guanidine groups is 1. The molecule has 0 bridgehead atoms. The lowest BCUT2D eigenvalue weighted by Crippen LogP contribution is -2.28. The summed E-state index contributed by atoms with van der Waals surface area (Å²) in [7, 11) is 0. The molecule has 1 aromatic heterocycles. The molecule has 7 nitrogen and oxygen atoms in total. The molecule has 0 saturated carbocycles. The van der Waals surface area contributed by atoms with Crippen LogP contribution in [0.15, 0.2) is 34.5 Å². The first-order chi connectivity index (χ1) is 11.1. The molecule has 3 rings (SSSR count). The molecule has 1 unspecified atom stereocenters. The van der Waals surface area contributed by atoms with Crippen LogP contribution in [0.3, 0.4) is 0 Å². The number of nitrogens with zero attached hydrogens (tertiary/aromatic N) is 3. The Morgan fingerprint density at radius 2 is 2.22 bits per heavy atom. The highest BCUT2D eigenvalue weighted by atomic mass is 35.5. The van der Waals surface area contributed by atoms with E-state index in [-0.39, 0.29) is 11.9 Å². The van der Waals surface area contributed by atoms with Crippen LogP contribution in [0, 0.1) is 6.92 Å². The summed E-state index contributed by atoms with van der Waals surface area (Å²) >= 11 is 6.33. The summed E-state index contributed by atoms with van der Waals surface area (Å²) in [6.07, 6.45) is 1.44. The van der Waals surface area contributed by atoms with Gasteiger partial charge in [0.05, 0.1) is 11.4 Å². The van der Waals surface area contributed by atoms with Gasteiger partial charge in [-0.3, -0.25) is 10.3 Å². The first-order valence-corrected chi connectivity index (χ1v) is 7.56. The quantitative estimate of drug-likeness (QED) is 0.383. The lowest BCUT2D eigenvalue weighted by Gasteiger charge is -2.24. The molecule has 0 fully saturated rings. The van der Waals surface area contributed by atoms with Gasteiger partial charge in [-0.1, -0.05) is 29.8 Å². The number of nitrogens with one attached hydrogen (secondary N) is 2. The summed E-state index contributed by atoms with van der Waals surface area (Å²) in [4.78, 5) is 0. The van der Waals surface area contributed by atoms with E-state index in [9.17, 15) is 0 Å². The van der Waals surface area contributed by atoms with Gasteiger partial charge in [-0.15, -0.1) is 5.10 Å². The zero-order valence-electron chi connectivity index (χ0n) is 12.5. The van der Waals surface area contributed by atoms with Gasteiger partial charge in [0.1, 0.15) is 0 Å². The van der Waals surface area contributed by atoms with E-state index in [0.29, 0.717) is 6.42 Å². The van der Waals surface area contributed by atoms with E-state index in [1.807, 2.05) is 31.2 Å². The van der Waals surface area contributed by atoms with Crippen molar-refractivity contribution in [1.29, 1.82) is 0 Å². The van der Waals surface area contributed by atoms with Gasteiger partial charge in [-0.25, -0.2) is 5.48 Å². The second-order valence-corrected chi connectivity index (χ2v) is 5.85. The van der Waals surface area contributed by atoms with Crippen LogP contribution in [0.25, 0.3) is 0 Å². The van der Waals surface area contributed by atoms with E-state index in [1.165, 1.54) is 0 Å². The Morgan fingerprint density at radius 1 is 1.43 bits per heavy atom. The van der Waals surface area contributed by atoms with E-state index >= 15 is 0 Å². The molecule has 0 amide bonds. The van der Waals surface area contributed by atoms with E-state index in [0.717, 1.165) is 39.7 Å². The number of fused-ring (bicyclic) bond motifs is 1. The number of H-pyrrole nitrogens is 1. The normalized spacial score (nSPS) is 19.7. The molecule has 23 heavy (non-hydrogen) atoms. The Kier molecular flexibility index (Phi) is 4.31. The molecule has 0 spiro atoms. The number of aromatic amines is 1. The molecule has 0 aliphatic heterocycles. The molecule has 1 aliphatic rings. The predicted octanol–water partition coefficient (Wildman–Crippen LogP) is 2.10. The molecule has 2 aromatic rings. The largest absolute Gasteiger partial charge is 0.367 e. The van der Waals surface area contributed by atoms with Gasteiger partial charge >= 0.3 is 0 Å². The van der Waals surface area contributed by atoms with Crippen LogP contribution < -0.4 is 11.2 Å². The minimum atomic E-state index is -0.167. The average molecular weight is 333 g/mol. The average Bonchev–Trinajstić information content (AvgIpc) is 2.94. The van der Waals surface area contributed by atoms with Crippen LogP contribution in [0.5, 0.6) is 0 Å². The Morgan fingerprint density at radius 3 is 2.96 bits per heavy atom. The van der Waals surface area contributed by atoms with Crippen molar-refractivity contribution in [2.45, 2.75) is 25.7 Å². The lowest BCUT2D eigenvalue weighted by atomic mass is 9.81. The second-order valence-electron chi connectivity index (χ2n) is 5.44. The van der Waals surface area contributed by atoms with Gasteiger partial charge in [-0.2, -0.15) is 10.2 Å². The van der Waals surface area contributed by atoms with E-state index < -0.39 is 0 Å². The Bertz CT molecular complexity index is 782. The number of nitrogens with two attached hydrogens (primary N) is 1. The number of halogens is 1. The van der Waals surface area contributed by atoms with Gasteiger partial charge in [0.15, 0.2) is 0 Å². The van der Waals surface area contributed by atoms with Crippen molar-refractivity contribution in [1.82, 2.24) is 15.7 Å². The molecule has 120 valence electrons. The first-order valence-electron chi connectivity index (χ1n) is 7.19. The number of rotatable bonds is 2. The monoisotopic (exact) mass is 332 g/mol. The van der Waals surface area contributed by atoms with E-state index in [1.54, 1.807) is 5.48 Å². The zero-order chi connectivity index (χ0) is 16.4. The summed E-state index contributed by atoms with van der Waals surface area (Å²) in [6, 6.07) is 7.77. The smallest absolute Gasteiger partial charge is 0.237 e. The van der Waals surface area contributed by atoms with Crippen molar-refractivity contribution in [3.8, 4) is 0 Å². The summed E-state index contributed by atoms with van der Waals surface area (Å²) < 4.78 is 0. The maximum absolute atomic E-state index is 8.73. The number of hydrogen-bond acceptors (Lipinski definition) is 4. The standard InChI is InChI=1S/C15H17ClN6O/c1-8-14-12(19-18-8)6-9(10-4-2-3-5-11(10)16)7-13(14)20-21-15(17)22-23/h2-5,9,23H,6-7H2,1H3,(H,18,19)(H3,17,21,22). The van der Waals surface area contributed by atoms with Crippen LogP contribution in [0.1, 0.15) is 34.9 Å². The van der Waals surface area contributed by atoms with Crippen LogP contribution in [0.2, 0.25) is 5.02 Å². The Labute approximate surface area is 138 Å². The molecule has 1 aromatic carbocycles. The van der Waals surface area contributed by atoms with Gasteiger partial charge in [0.25, 0.3) is 0 Å². The van der Waals surface area contributed by atoms with Gasteiger partial charge in [-0.05, 0) is 37.3 Å². The zero-order valence-corrected chi connectivity index (χ0v) is 13.3. The van der Waals surface area contributed by atoms with E-state index in [2.05, 4.69) is 20.4 Å². The highest BCUT2D eigenvalue weighted by Crippen LogP contribution is 2.36. The molecule has 1 atom stereocenters. The Hall–Kier alpha value is -2.38. The number of hydroxylamine groups is 1. The maximum Gasteiger partial charge on any atom is 0.237 e. The first kappa shape index (κ1) is 15.5. The molecule has 8 heteroatoms. The molecular formula is C15H17ClN6O. The van der Waals surface area contributed by atoms with Crippen molar-refractivity contribution in [3.63, 3.8) is 0 Å². The third-order valence-corrected chi connectivity index (χ3v) is 4.27. The SMILES string of the molecule is Cc1[nH]nc2c1C(=N/N=C(/N)NO)CC(c1ccccc1Cl)C2. The Balaban J connectivity index is 2.02. The second kappa shape index (κ2) is 6.39. The van der Waals surface area contributed by atoms with Gasteiger partial charge in [0.2, 0.25) is 5.96 Å². The number of aryl methyl sites for hydroxylation is 1. The van der Waals surface area contributed by atoms with Crippen molar-refractivity contribution >= 4 is 23.3 Å². The van der Waals surface area contributed by atoms with Crippen molar-refractivity contribution in [2.75, 3.05) is 0 Å². The summed E-state index contributed by atoms with van der Waals surface area (Å²) in [5, 5.41) is 24.8. The molecular weight excluding hydrogens is 316 g/mol. The van der Waals surface area contributed by atoms with Crippen LogP contribution in [-0.4, -0.2) is 27.1 Å². The molecule has 0 radical (unpaired) electrons. The van der Waals surface area contributed by atoms with Crippen LogP contribution in [-0.2, 0) is 6.42 Å². The van der Waals surface area contributed by atoms with Gasteiger partial charge in [0, 0.05) is 16.3 Å². The fourth-order valence-electron chi connectivity index (χ4n) is 2.90.